The van der Waals surface area contributed by atoms with Crippen molar-refractivity contribution in [3.8, 4) is 0 Å². The Morgan fingerprint density at radius 2 is 2.00 bits per heavy atom. The molecule has 0 unspecified atom stereocenters. The first-order valence-corrected chi connectivity index (χ1v) is 5.90. The number of urea groups is 1. The van der Waals surface area contributed by atoms with Gasteiger partial charge in [0.05, 0.1) is 0 Å². The van der Waals surface area contributed by atoms with Crippen molar-refractivity contribution in [2.45, 2.75) is 6.92 Å². The summed E-state index contributed by atoms with van der Waals surface area (Å²) in [6.07, 6.45) is 3.48. The second kappa shape index (κ2) is 7.10. The molecule has 0 saturated heterocycles. The fourth-order valence-electron chi connectivity index (χ4n) is 1.64. The number of aldehydes is 1. The normalized spacial score (nSPS) is 10.2. The molecular weight excluding hydrogens is 244 g/mol. The zero-order chi connectivity index (χ0) is 14.3. The molecule has 100 valence electrons. The van der Waals surface area contributed by atoms with Crippen LogP contribution in [0.2, 0.25) is 0 Å². The van der Waals surface area contributed by atoms with E-state index in [-0.39, 0.29) is 6.54 Å². The van der Waals surface area contributed by atoms with Crippen LogP contribution >= 0.6 is 0 Å². The third-order valence-corrected chi connectivity index (χ3v) is 2.57. The highest BCUT2D eigenvalue weighted by Crippen LogP contribution is 2.13. The molecule has 0 aliphatic rings. The number of hydrogen-bond donors (Lipinski definition) is 1. The van der Waals surface area contributed by atoms with Gasteiger partial charge in [-0.1, -0.05) is 24.3 Å². The van der Waals surface area contributed by atoms with Crippen LogP contribution in [-0.2, 0) is 4.79 Å². The topological polar surface area (TPSA) is 66.5 Å². The average molecular weight is 260 g/mol. The first kappa shape index (κ1) is 14.6. The molecule has 1 rings (SSSR count). The summed E-state index contributed by atoms with van der Waals surface area (Å²) in [5.41, 5.74) is 0.980. The van der Waals surface area contributed by atoms with E-state index in [4.69, 9.17) is 0 Å². The third-order valence-electron chi connectivity index (χ3n) is 2.57. The molecule has 5 nitrogen and oxygen atoms in total. The molecular formula is C14H16N2O3. The van der Waals surface area contributed by atoms with Crippen molar-refractivity contribution in [3.05, 3.63) is 41.5 Å². The first-order valence-electron chi connectivity index (χ1n) is 5.90. The van der Waals surface area contributed by atoms with Crippen LogP contribution in [-0.4, -0.2) is 36.7 Å². The lowest BCUT2D eigenvalue weighted by Gasteiger charge is -2.19. The standard InChI is InChI=1S/C14H16N2O3/c1-3-16(14(19)15-2)13(18)12-9-5-4-7-11(12)8-6-10-17/h4-10H,3H2,1-2H3,(H,15,19)/b8-6+. The average Bonchev–Trinajstić information content (AvgIpc) is 2.45. The second-order valence-electron chi connectivity index (χ2n) is 3.69. The van der Waals surface area contributed by atoms with Gasteiger partial charge < -0.3 is 5.32 Å². The van der Waals surface area contributed by atoms with E-state index in [2.05, 4.69) is 5.32 Å². The molecule has 0 bridgehead atoms. The number of carbonyl (C=O) groups excluding carboxylic acids is 3. The quantitative estimate of drug-likeness (QED) is 0.662. The van der Waals surface area contributed by atoms with Crippen LogP contribution in [0, 0.1) is 0 Å². The smallest absolute Gasteiger partial charge is 0.324 e. The zero-order valence-electron chi connectivity index (χ0n) is 10.9. The van der Waals surface area contributed by atoms with Crippen molar-refractivity contribution in [3.63, 3.8) is 0 Å². The van der Waals surface area contributed by atoms with Crippen LogP contribution in [0.15, 0.2) is 30.3 Å². The molecule has 0 spiro atoms. The fourth-order valence-corrected chi connectivity index (χ4v) is 1.64. The van der Waals surface area contributed by atoms with E-state index < -0.39 is 11.9 Å². The number of rotatable bonds is 4. The predicted octanol–water partition coefficient (Wildman–Crippen LogP) is 1.70. The van der Waals surface area contributed by atoms with Crippen molar-refractivity contribution in [1.29, 1.82) is 0 Å². The summed E-state index contributed by atoms with van der Waals surface area (Å²) in [5, 5.41) is 2.42. The number of amides is 3. The van der Waals surface area contributed by atoms with Crippen molar-refractivity contribution < 1.29 is 14.4 Å². The van der Waals surface area contributed by atoms with Crippen molar-refractivity contribution >= 4 is 24.3 Å². The SMILES string of the molecule is CCN(C(=O)NC)C(=O)c1ccccc1/C=C/C=O. The van der Waals surface area contributed by atoms with Crippen LogP contribution < -0.4 is 5.32 Å². The van der Waals surface area contributed by atoms with Crippen LogP contribution in [0.1, 0.15) is 22.8 Å². The summed E-state index contributed by atoms with van der Waals surface area (Å²) in [7, 11) is 1.47. The Kier molecular flexibility index (Phi) is 5.47. The maximum atomic E-state index is 12.3. The van der Waals surface area contributed by atoms with Gasteiger partial charge in [0.1, 0.15) is 6.29 Å². The molecule has 0 radical (unpaired) electrons. The Hall–Kier alpha value is -2.43. The molecule has 0 saturated carbocycles. The summed E-state index contributed by atoms with van der Waals surface area (Å²) in [6.45, 7) is 1.99. The molecule has 0 fully saturated rings. The summed E-state index contributed by atoms with van der Waals surface area (Å²) >= 11 is 0. The van der Waals surface area contributed by atoms with Crippen molar-refractivity contribution in [2.24, 2.45) is 0 Å². The predicted molar refractivity (Wildman–Crippen MR) is 72.7 cm³/mol. The van der Waals surface area contributed by atoms with E-state index in [9.17, 15) is 14.4 Å². The van der Waals surface area contributed by atoms with E-state index in [0.29, 0.717) is 17.4 Å². The first-order chi connectivity index (χ1) is 9.15. The highest BCUT2D eigenvalue weighted by molar-refractivity contribution is 6.06. The van der Waals surface area contributed by atoms with Crippen LogP contribution in [0.3, 0.4) is 0 Å². The van der Waals surface area contributed by atoms with Gasteiger partial charge in [0.2, 0.25) is 0 Å². The largest absolute Gasteiger partial charge is 0.341 e. The van der Waals surface area contributed by atoms with Crippen molar-refractivity contribution in [2.75, 3.05) is 13.6 Å². The molecule has 5 heteroatoms. The molecule has 19 heavy (non-hydrogen) atoms. The van der Waals surface area contributed by atoms with E-state index in [0.717, 1.165) is 4.90 Å². The molecule has 0 atom stereocenters. The van der Waals surface area contributed by atoms with Gasteiger partial charge in [-0.15, -0.1) is 0 Å². The Balaban J connectivity index is 3.14. The molecule has 1 N–H and O–H groups in total. The number of nitrogens with one attached hydrogen (secondary N) is 1. The van der Waals surface area contributed by atoms with Gasteiger partial charge in [0.15, 0.2) is 0 Å². The molecule has 0 heterocycles. The number of nitrogens with zero attached hydrogens (tertiary/aromatic N) is 1. The third kappa shape index (κ3) is 3.51. The number of benzene rings is 1. The Labute approximate surface area is 111 Å². The molecule has 0 aromatic heterocycles. The van der Waals surface area contributed by atoms with Crippen LogP contribution in [0.25, 0.3) is 6.08 Å². The summed E-state index contributed by atoms with van der Waals surface area (Å²) in [4.78, 5) is 35.4. The maximum absolute atomic E-state index is 12.3. The monoisotopic (exact) mass is 260 g/mol. The second-order valence-corrected chi connectivity index (χ2v) is 3.69. The highest BCUT2D eigenvalue weighted by Gasteiger charge is 2.21. The van der Waals surface area contributed by atoms with Gasteiger partial charge in [-0.3, -0.25) is 14.5 Å². The van der Waals surface area contributed by atoms with Gasteiger partial charge in [0.25, 0.3) is 5.91 Å². The Morgan fingerprint density at radius 3 is 2.58 bits per heavy atom. The lowest BCUT2D eigenvalue weighted by molar-refractivity contribution is -0.104. The van der Waals surface area contributed by atoms with E-state index in [1.54, 1.807) is 31.2 Å². The summed E-state index contributed by atoms with van der Waals surface area (Å²) in [6, 6.07) is 6.35. The van der Waals surface area contributed by atoms with Crippen molar-refractivity contribution in [1.82, 2.24) is 10.2 Å². The number of carbonyl (C=O) groups is 3. The van der Waals surface area contributed by atoms with Crippen LogP contribution in [0.4, 0.5) is 4.79 Å². The van der Waals surface area contributed by atoms with Crippen LogP contribution in [0.5, 0.6) is 0 Å². The van der Waals surface area contributed by atoms with Gasteiger partial charge in [-0.05, 0) is 24.6 Å². The minimum atomic E-state index is -0.457. The van der Waals surface area contributed by atoms with Gasteiger partial charge in [-0.25, -0.2) is 4.79 Å². The molecule has 1 aromatic rings. The number of hydrogen-bond acceptors (Lipinski definition) is 3. The minimum Gasteiger partial charge on any atom is -0.341 e. The van der Waals surface area contributed by atoms with E-state index in [1.165, 1.54) is 19.2 Å². The number of imide groups is 1. The minimum absolute atomic E-state index is 0.268. The van der Waals surface area contributed by atoms with E-state index in [1.807, 2.05) is 0 Å². The highest BCUT2D eigenvalue weighted by atomic mass is 16.2. The van der Waals surface area contributed by atoms with Gasteiger partial charge in [-0.2, -0.15) is 0 Å². The molecule has 0 aliphatic heterocycles. The Morgan fingerprint density at radius 1 is 1.32 bits per heavy atom. The Bertz CT molecular complexity index is 509. The zero-order valence-corrected chi connectivity index (χ0v) is 10.9. The lowest BCUT2D eigenvalue weighted by Crippen LogP contribution is -2.42. The molecule has 1 aromatic carbocycles. The van der Waals surface area contributed by atoms with E-state index >= 15 is 0 Å². The molecule has 3 amide bonds. The number of allylic oxidation sites excluding steroid dienone is 1. The summed E-state index contributed by atoms with van der Waals surface area (Å²) < 4.78 is 0. The van der Waals surface area contributed by atoms with Gasteiger partial charge in [0, 0.05) is 19.2 Å². The maximum Gasteiger partial charge on any atom is 0.324 e. The van der Waals surface area contributed by atoms with Gasteiger partial charge >= 0.3 is 6.03 Å². The lowest BCUT2D eigenvalue weighted by atomic mass is 10.1. The fraction of sp³-hybridized carbons (Fsp3) is 0.214. The summed E-state index contributed by atoms with van der Waals surface area (Å²) in [5.74, 6) is -0.395. The molecule has 0 aliphatic carbocycles.